The first-order chi connectivity index (χ1) is 5.82. The van der Waals surface area contributed by atoms with Gasteiger partial charge in [0.2, 0.25) is 0 Å². The molecular weight excluding hydrogens is 176 g/mol. The van der Waals surface area contributed by atoms with Crippen LogP contribution in [-0.2, 0) is 9.59 Å². The monoisotopic (exact) mass is 202 g/mol. The summed E-state index contributed by atoms with van der Waals surface area (Å²) < 4.78 is 0. The molecule has 0 aliphatic rings. The lowest BCUT2D eigenvalue weighted by Crippen LogP contribution is -2.03. The Hall–Kier alpha value is -0.660. The van der Waals surface area contributed by atoms with E-state index in [1.165, 1.54) is 0 Å². The van der Waals surface area contributed by atoms with Crippen molar-refractivity contribution >= 4 is 11.6 Å². The molecule has 0 unspecified atom stereocenters. The van der Waals surface area contributed by atoms with Crippen LogP contribution >= 0.6 is 0 Å². The molecule has 0 saturated carbocycles. The van der Waals surface area contributed by atoms with Gasteiger partial charge in [0.1, 0.15) is 11.6 Å². The number of carbonyl (C=O) groups excluding carboxylic acids is 2. The molecule has 0 bridgehead atoms. The minimum atomic E-state index is 0. The lowest BCUT2D eigenvalue weighted by atomic mass is 10.1. The molecule has 0 saturated heterocycles. The van der Waals surface area contributed by atoms with Crippen LogP contribution in [0.15, 0.2) is 0 Å². The second-order valence-electron chi connectivity index (χ2n) is 3.74. The van der Waals surface area contributed by atoms with Crippen molar-refractivity contribution in [3.63, 3.8) is 0 Å². The lowest BCUT2D eigenvalue weighted by Gasteiger charge is -1.96. The summed E-state index contributed by atoms with van der Waals surface area (Å²) in [5, 5.41) is 0. The molecule has 0 spiro atoms. The summed E-state index contributed by atoms with van der Waals surface area (Å²) in [6, 6.07) is 0. The number of carbonyl (C=O) groups is 2. The van der Waals surface area contributed by atoms with Crippen molar-refractivity contribution in [1.82, 2.24) is 0 Å². The van der Waals surface area contributed by atoms with E-state index in [1.54, 1.807) is 6.92 Å². The van der Waals surface area contributed by atoms with E-state index in [2.05, 4.69) is 0 Å². The maximum absolute atomic E-state index is 10.5. The second kappa shape index (κ2) is 10.4. The molecular formula is C12H26O2. The van der Waals surface area contributed by atoms with Gasteiger partial charge in [-0.05, 0) is 6.92 Å². The van der Waals surface area contributed by atoms with Crippen molar-refractivity contribution in [2.24, 2.45) is 11.8 Å². The van der Waals surface area contributed by atoms with Gasteiger partial charge in [0.05, 0.1) is 0 Å². The highest BCUT2D eigenvalue weighted by Crippen LogP contribution is 1.95. The third-order valence-electron chi connectivity index (χ3n) is 1.81. The van der Waals surface area contributed by atoms with Gasteiger partial charge in [-0.3, -0.25) is 9.59 Å². The predicted octanol–water partition coefficient (Wildman–Crippen LogP) is 3.49. The molecule has 86 valence electrons. The summed E-state index contributed by atoms with van der Waals surface area (Å²) in [7, 11) is 0. The van der Waals surface area contributed by atoms with Gasteiger partial charge in [0.25, 0.3) is 0 Å². The molecule has 0 amide bonds. The minimum Gasteiger partial charge on any atom is -0.300 e. The van der Waals surface area contributed by atoms with Gasteiger partial charge in [0.15, 0.2) is 0 Å². The van der Waals surface area contributed by atoms with Crippen LogP contribution in [-0.4, -0.2) is 11.6 Å². The van der Waals surface area contributed by atoms with Crippen LogP contribution in [0.5, 0.6) is 0 Å². The van der Waals surface area contributed by atoms with E-state index in [4.69, 9.17) is 0 Å². The highest BCUT2D eigenvalue weighted by atomic mass is 16.1. The third kappa shape index (κ3) is 13.9. The molecule has 2 heteroatoms. The van der Waals surface area contributed by atoms with Gasteiger partial charge >= 0.3 is 0 Å². The number of ketones is 2. The van der Waals surface area contributed by atoms with Crippen LogP contribution in [0.1, 0.15) is 55.4 Å². The molecule has 0 N–H and O–H groups in total. The first-order valence-corrected chi connectivity index (χ1v) is 4.86. The molecule has 0 aromatic carbocycles. The molecule has 0 aliphatic heterocycles. The van der Waals surface area contributed by atoms with Crippen molar-refractivity contribution in [3.8, 4) is 0 Å². The van der Waals surface area contributed by atoms with Gasteiger partial charge < -0.3 is 0 Å². The number of rotatable bonds is 3. The molecule has 0 aromatic rings. The highest BCUT2D eigenvalue weighted by Gasteiger charge is 2.00. The largest absolute Gasteiger partial charge is 0.300 e. The van der Waals surface area contributed by atoms with Gasteiger partial charge in [-0.25, -0.2) is 0 Å². The summed E-state index contributed by atoms with van der Waals surface area (Å²) in [4.78, 5) is 20.7. The van der Waals surface area contributed by atoms with E-state index in [0.29, 0.717) is 12.2 Å². The number of hydrogen-bond acceptors (Lipinski definition) is 2. The minimum absolute atomic E-state index is 0. The Morgan fingerprint density at radius 3 is 1.29 bits per heavy atom. The fourth-order valence-corrected chi connectivity index (χ4v) is 0.408. The molecule has 14 heavy (non-hydrogen) atoms. The normalized spacial score (nSPS) is 8.86. The van der Waals surface area contributed by atoms with Crippen molar-refractivity contribution in [1.29, 1.82) is 0 Å². The fourth-order valence-electron chi connectivity index (χ4n) is 0.408. The molecule has 0 heterocycles. The lowest BCUT2D eigenvalue weighted by molar-refractivity contribution is -0.121. The third-order valence-corrected chi connectivity index (χ3v) is 1.81. The number of Topliss-reactive ketones (excluding diaryl/α,β-unsaturated/α-hetero) is 2. The maximum atomic E-state index is 10.5. The van der Waals surface area contributed by atoms with Crippen molar-refractivity contribution in [2.75, 3.05) is 0 Å². The first-order valence-electron chi connectivity index (χ1n) is 4.86. The Morgan fingerprint density at radius 1 is 1.00 bits per heavy atom. The molecule has 0 radical (unpaired) electrons. The smallest absolute Gasteiger partial charge is 0.135 e. The van der Waals surface area contributed by atoms with Crippen molar-refractivity contribution < 1.29 is 9.59 Å². The zero-order valence-electron chi connectivity index (χ0n) is 9.68. The van der Waals surface area contributed by atoms with Crippen LogP contribution < -0.4 is 0 Å². The Labute approximate surface area is 89.1 Å². The fraction of sp³-hybridized carbons (Fsp3) is 0.833. The topological polar surface area (TPSA) is 34.1 Å². The van der Waals surface area contributed by atoms with E-state index < -0.39 is 0 Å². The maximum Gasteiger partial charge on any atom is 0.135 e. The van der Waals surface area contributed by atoms with Crippen LogP contribution in [0.25, 0.3) is 0 Å². The average molecular weight is 202 g/mol. The van der Waals surface area contributed by atoms with E-state index in [0.717, 1.165) is 0 Å². The second-order valence-corrected chi connectivity index (χ2v) is 3.74. The summed E-state index contributed by atoms with van der Waals surface area (Å²) in [5.74, 6) is 1.05. The Morgan fingerprint density at radius 2 is 1.29 bits per heavy atom. The first kappa shape index (κ1) is 19.0. The molecule has 0 fully saturated rings. The summed E-state index contributed by atoms with van der Waals surface area (Å²) in [6.45, 7) is 11.1. The van der Waals surface area contributed by atoms with E-state index in [1.807, 2.05) is 34.6 Å². The molecule has 0 aromatic heterocycles. The molecule has 2 nitrogen and oxygen atoms in total. The van der Waals surface area contributed by atoms with Crippen LogP contribution in [0.2, 0.25) is 0 Å². The van der Waals surface area contributed by atoms with E-state index >= 15 is 0 Å². The molecule has 0 atom stereocenters. The quantitative estimate of drug-likeness (QED) is 0.702. The van der Waals surface area contributed by atoms with Gasteiger partial charge in [-0.15, -0.1) is 0 Å². The summed E-state index contributed by atoms with van der Waals surface area (Å²) in [5.41, 5.74) is 0. The Bertz CT molecular complexity index is 158. The van der Waals surface area contributed by atoms with Gasteiger partial charge in [0, 0.05) is 18.3 Å². The van der Waals surface area contributed by atoms with Gasteiger partial charge in [-0.1, -0.05) is 42.0 Å². The van der Waals surface area contributed by atoms with Crippen LogP contribution in [0, 0.1) is 11.8 Å². The average Bonchev–Trinajstić information content (AvgIpc) is 2.03. The molecule has 0 rings (SSSR count). The van der Waals surface area contributed by atoms with Crippen LogP contribution in [0.4, 0.5) is 0 Å². The zero-order valence-corrected chi connectivity index (χ0v) is 9.68. The summed E-state index contributed by atoms with van der Waals surface area (Å²) in [6.07, 6.45) is 0.678. The van der Waals surface area contributed by atoms with Gasteiger partial charge in [-0.2, -0.15) is 0 Å². The number of hydrogen-bond donors (Lipinski definition) is 0. The van der Waals surface area contributed by atoms with Crippen LogP contribution in [0.3, 0.4) is 0 Å². The zero-order chi connectivity index (χ0) is 11.0. The predicted molar refractivity (Wildman–Crippen MR) is 62.4 cm³/mol. The van der Waals surface area contributed by atoms with Crippen molar-refractivity contribution in [3.05, 3.63) is 0 Å². The Balaban J connectivity index is -0.000000163. The molecule has 0 aliphatic carbocycles. The highest BCUT2D eigenvalue weighted by molar-refractivity contribution is 5.79. The SMILES string of the molecule is C.CC(=O)C(C)C.CCC(=O)C(C)C. The Kier molecular flexibility index (Phi) is 14.1. The van der Waals surface area contributed by atoms with E-state index in [9.17, 15) is 9.59 Å². The standard InChI is InChI=1S/C6H12O.C5H10O.CH4/c1-4-6(7)5(2)3;1-4(2)5(3)6;/h5H,4H2,1-3H3;4H,1-3H3;1H4. The summed E-state index contributed by atoms with van der Waals surface area (Å²) >= 11 is 0. The van der Waals surface area contributed by atoms with E-state index in [-0.39, 0.29) is 25.0 Å². The van der Waals surface area contributed by atoms with Crippen molar-refractivity contribution in [2.45, 2.75) is 55.4 Å².